The first-order valence-electron chi connectivity index (χ1n) is 8.41. The molecule has 3 heterocycles. The number of rotatable bonds is 4. The fourth-order valence-corrected chi connectivity index (χ4v) is 3.34. The third kappa shape index (κ3) is 2.59. The second-order valence-corrected chi connectivity index (χ2v) is 7.25. The standard InChI is InChI=1S/C17H16ClN5O2/c1-23-7-11(18)15(21-23)20-16(24)10-6-12(8-2-3-8)19-17-13(10)14(22-25-17)9-4-5-9/h6-9H,2-5H2,1H3,(H,20,21,24). The molecular weight excluding hydrogens is 342 g/mol. The number of nitrogens with zero attached hydrogens (tertiary/aromatic N) is 4. The zero-order valence-electron chi connectivity index (χ0n) is 13.6. The van der Waals surface area contributed by atoms with Gasteiger partial charge < -0.3 is 9.84 Å². The fourth-order valence-electron chi connectivity index (χ4n) is 3.11. The predicted molar refractivity (Wildman–Crippen MR) is 91.9 cm³/mol. The van der Waals surface area contributed by atoms with E-state index in [0.717, 1.165) is 42.5 Å². The third-order valence-corrected chi connectivity index (χ3v) is 4.99. The molecule has 1 amide bonds. The first-order valence-corrected chi connectivity index (χ1v) is 8.78. The molecule has 3 aromatic heterocycles. The lowest BCUT2D eigenvalue weighted by atomic mass is 10.1. The van der Waals surface area contributed by atoms with Crippen molar-refractivity contribution < 1.29 is 9.32 Å². The zero-order valence-corrected chi connectivity index (χ0v) is 14.4. The van der Waals surface area contributed by atoms with Crippen LogP contribution in [0.2, 0.25) is 5.02 Å². The van der Waals surface area contributed by atoms with Gasteiger partial charge in [0.1, 0.15) is 5.02 Å². The summed E-state index contributed by atoms with van der Waals surface area (Å²) in [5, 5.41) is 12.3. The quantitative estimate of drug-likeness (QED) is 0.770. The Hall–Kier alpha value is -2.41. The Morgan fingerprint density at radius 2 is 2.08 bits per heavy atom. The van der Waals surface area contributed by atoms with Gasteiger partial charge in [-0.2, -0.15) is 5.10 Å². The highest BCUT2D eigenvalue weighted by Gasteiger charge is 2.34. The van der Waals surface area contributed by atoms with Gasteiger partial charge in [0.15, 0.2) is 5.82 Å². The van der Waals surface area contributed by atoms with Crippen molar-refractivity contribution in [1.82, 2.24) is 19.9 Å². The van der Waals surface area contributed by atoms with E-state index in [0.29, 0.717) is 34.0 Å². The summed E-state index contributed by atoms with van der Waals surface area (Å²) in [7, 11) is 1.75. The number of nitrogens with one attached hydrogen (secondary N) is 1. The highest BCUT2D eigenvalue weighted by Crippen LogP contribution is 2.45. The maximum absolute atomic E-state index is 13.0. The lowest BCUT2D eigenvalue weighted by Gasteiger charge is -2.07. The van der Waals surface area contributed by atoms with E-state index in [1.165, 1.54) is 0 Å². The summed E-state index contributed by atoms with van der Waals surface area (Å²) in [6.07, 6.45) is 5.97. The SMILES string of the molecule is Cn1cc(Cl)c(NC(=O)c2cc(C3CC3)nc3onc(C4CC4)c23)n1. The van der Waals surface area contributed by atoms with Gasteiger partial charge in [-0.1, -0.05) is 16.8 Å². The highest BCUT2D eigenvalue weighted by molar-refractivity contribution is 6.33. The van der Waals surface area contributed by atoms with Crippen LogP contribution in [0.3, 0.4) is 0 Å². The van der Waals surface area contributed by atoms with Crippen molar-refractivity contribution in [3.8, 4) is 0 Å². The first kappa shape index (κ1) is 14.9. The van der Waals surface area contributed by atoms with Crippen molar-refractivity contribution in [2.45, 2.75) is 37.5 Å². The number of aromatic nitrogens is 4. The maximum Gasteiger partial charge on any atom is 0.259 e. The summed E-state index contributed by atoms with van der Waals surface area (Å²) in [6, 6.07) is 1.87. The molecule has 3 aromatic rings. The maximum atomic E-state index is 13.0. The Morgan fingerprint density at radius 3 is 2.72 bits per heavy atom. The number of amides is 1. The molecule has 0 aromatic carbocycles. The Balaban J connectivity index is 1.61. The van der Waals surface area contributed by atoms with E-state index in [4.69, 9.17) is 16.1 Å². The van der Waals surface area contributed by atoms with Gasteiger partial charge in [0.2, 0.25) is 0 Å². The molecular formula is C17H16ClN5O2. The molecule has 0 unspecified atom stereocenters. The third-order valence-electron chi connectivity index (χ3n) is 4.71. The molecule has 8 heteroatoms. The van der Waals surface area contributed by atoms with Crippen molar-refractivity contribution in [2.24, 2.45) is 7.05 Å². The minimum Gasteiger partial charge on any atom is -0.335 e. The van der Waals surface area contributed by atoms with Gasteiger partial charge in [0, 0.05) is 30.8 Å². The van der Waals surface area contributed by atoms with Gasteiger partial charge in [-0.05, 0) is 31.7 Å². The smallest absolute Gasteiger partial charge is 0.259 e. The van der Waals surface area contributed by atoms with Crippen LogP contribution in [0.1, 0.15) is 59.3 Å². The number of hydrogen-bond donors (Lipinski definition) is 1. The largest absolute Gasteiger partial charge is 0.335 e. The van der Waals surface area contributed by atoms with E-state index in [-0.39, 0.29) is 5.91 Å². The summed E-state index contributed by atoms with van der Waals surface area (Å²) in [6.45, 7) is 0. The lowest BCUT2D eigenvalue weighted by Crippen LogP contribution is -2.14. The Bertz CT molecular complexity index is 1000. The average molecular weight is 358 g/mol. The Kier molecular flexibility index (Phi) is 3.15. The molecule has 2 aliphatic carbocycles. The van der Waals surface area contributed by atoms with Crippen molar-refractivity contribution in [3.63, 3.8) is 0 Å². The van der Waals surface area contributed by atoms with Gasteiger partial charge in [0.05, 0.1) is 16.6 Å². The molecule has 5 rings (SSSR count). The summed E-state index contributed by atoms with van der Waals surface area (Å²) >= 11 is 6.12. The van der Waals surface area contributed by atoms with E-state index >= 15 is 0 Å². The molecule has 0 spiro atoms. The zero-order chi connectivity index (χ0) is 17.1. The van der Waals surface area contributed by atoms with Crippen LogP contribution in [-0.4, -0.2) is 25.8 Å². The summed E-state index contributed by atoms with van der Waals surface area (Å²) in [5.41, 5.74) is 2.71. The number of carbonyl (C=O) groups is 1. The van der Waals surface area contributed by atoms with Crippen LogP contribution in [0.15, 0.2) is 16.8 Å². The topological polar surface area (TPSA) is 85.8 Å². The van der Waals surface area contributed by atoms with E-state index < -0.39 is 0 Å². The molecule has 7 nitrogen and oxygen atoms in total. The Labute approximate surface area is 148 Å². The van der Waals surface area contributed by atoms with Gasteiger partial charge in [-0.25, -0.2) is 4.98 Å². The van der Waals surface area contributed by atoms with Crippen LogP contribution in [0, 0.1) is 0 Å². The monoisotopic (exact) mass is 357 g/mol. The van der Waals surface area contributed by atoms with Crippen LogP contribution in [-0.2, 0) is 7.05 Å². The van der Waals surface area contributed by atoms with Crippen LogP contribution in [0.5, 0.6) is 0 Å². The van der Waals surface area contributed by atoms with Gasteiger partial charge in [-0.15, -0.1) is 0 Å². The molecule has 0 aliphatic heterocycles. The number of carbonyl (C=O) groups excluding carboxylic acids is 1. The minimum absolute atomic E-state index is 0.264. The molecule has 2 saturated carbocycles. The van der Waals surface area contributed by atoms with Crippen LogP contribution in [0.4, 0.5) is 5.82 Å². The lowest BCUT2D eigenvalue weighted by molar-refractivity contribution is 0.102. The van der Waals surface area contributed by atoms with Gasteiger partial charge in [-0.3, -0.25) is 9.48 Å². The van der Waals surface area contributed by atoms with E-state index in [2.05, 4.69) is 20.6 Å². The van der Waals surface area contributed by atoms with Crippen molar-refractivity contribution in [1.29, 1.82) is 0 Å². The number of aryl methyl sites for hydroxylation is 1. The van der Waals surface area contributed by atoms with Crippen LogP contribution in [0.25, 0.3) is 11.1 Å². The average Bonchev–Trinajstić information content (AvgIpc) is 3.50. The molecule has 25 heavy (non-hydrogen) atoms. The van der Waals surface area contributed by atoms with Crippen LogP contribution >= 0.6 is 11.6 Å². The second kappa shape index (κ2) is 5.29. The molecule has 0 radical (unpaired) electrons. The molecule has 128 valence electrons. The molecule has 2 fully saturated rings. The van der Waals surface area contributed by atoms with E-state index in [9.17, 15) is 4.79 Å². The first-order chi connectivity index (χ1) is 12.1. The van der Waals surface area contributed by atoms with Crippen molar-refractivity contribution >= 4 is 34.4 Å². The van der Waals surface area contributed by atoms with E-state index in [1.807, 2.05) is 6.07 Å². The molecule has 0 atom stereocenters. The number of fused-ring (bicyclic) bond motifs is 1. The van der Waals surface area contributed by atoms with E-state index in [1.54, 1.807) is 17.9 Å². The van der Waals surface area contributed by atoms with Gasteiger partial charge in [0.25, 0.3) is 11.6 Å². The number of halogens is 1. The van der Waals surface area contributed by atoms with Gasteiger partial charge >= 0.3 is 0 Å². The summed E-state index contributed by atoms with van der Waals surface area (Å²) in [4.78, 5) is 17.5. The van der Waals surface area contributed by atoms with Crippen molar-refractivity contribution in [3.05, 3.63) is 34.2 Å². The molecule has 0 bridgehead atoms. The highest BCUT2D eigenvalue weighted by atomic mass is 35.5. The number of hydrogen-bond acceptors (Lipinski definition) is 5. The van der Waals surface area contributed by atoms with Crippen LogP contribution < -0.4 is 5.32 Å². The molecule has 1 N–H and O–H groups in total. The molecule has 2 aliphatic rings. The Morgan fingerprint density at radius 1 is 1.32 bits per heavy atom. The summed E-state index contributed by atoms with van der Waals surface area (Å²) < 4.78 is 7.01. The normalized spacial score (nSPS) is 17.2. The van der Waals surface area contributed by atoms with Crippen molar-refractivity contribution in [2.75, 3.05) is 5.32 Å². The number of pyridine rings is 1. The second-order valence-electron chi connectivity index (χ2n) is 6.84. The number of anilines is 1. The molecule has 0 saturated heterocycles. The summed E-state index contributed by atoms with van der Waals surface area (Å²) in [5.74, 6) is 0.847. The predicted octanol–water partition coefficient (Wildman–Crippen LogP) is 3.62. The minimum atomic E-state index is -0.264. The fraction of sp³-hybridized carbons (Fsp3) is 0.412.